The van der Waals surface area contributed by atoms with E-state index < -0.39 is 45.7 Å². The number of nitrogens with zero attached hydrogens (tertiary/aromatic N) is 1. The van der Waals surface area contributed by atoms with Gasteiger partial charge in [-0.2, -0.15) is 4.98 Å². The molecule has 9 nitrogen and oxygen atoms in total. The Kier molecular flexibility index (Phi) is 9.82. The lowest BCUT2D eigenvalue weighted by Gasteiger charge is -2.24. The van der Waals surface area contributed by atoms with Crippen LogP contribution in [0, 0.1) is 11.6 Å². The fraction of sp³-hybridized carbons (Fsp3) is 0.241. The molecule has 2 atom stereocenters. The van der Waals surface area contributed by atoms with Crippen LogP contribution in [0.4, 0.5) is 14.8 Å². The zero-order chi connectivity index (χ0) is 29.4. The molecule has 1 amide bonds. The molecule has 0 radical (unpaired) electrons. The molecular weight excluding hydrogens is 554 g/mol. The molecule has 0 saturated heterocycles. The van der Waals surface area contributed by atoms with Crippen LogP contribution in [0.25, 0.3) is 0 Å². The van der Waals surface area contributed by atoms with Crippen LogP contribution in [-0.4, -0.2) is 43.1 Å². The molecule has 0 aliphatic carbocycles. The van der Waals surface area contributed by atoms with Crippen molar-refractivity contribution in [1.82, 2.24) is 15.6 Å². The van der Waals surface area contributed by atoms with Crippen LogP contribution in [0.5, 0.6) is 0 Å². The Morgan fingerprint density at radius 1 is 0.976 bits per heavy atom. The highest BCUT2D eigenvalue weighted by Gasteiger charge is 2.25. The van der Waals surface area contributed by atoms with Crippen molar-refractivity contribution in [2.75, 3.05) is 11.3 Å². The first-order valence-corrected chi connectivity index (χ1v) is 14.4. The van der Waals surface area contributed by atoms with E-state index in [0.717, 1.165) is 36.4 Å². The van der Waals surface area contributed by atoms with Gasteiger partial charge >= 0.3 is 6.01 Å². The number of amides is 1. The summed E-state index contributed by atoms with van der Waals surface area (Å²) in [5.74, 6) is -2.36. The minimum atomic E-state index is -4.01. The summed E-state index contributed by atoms with van der Waals surface area (Å²) in [6.45, 7) is 2.56. The third-order valence-electron chi connectivity index (χ3n) is 6.25. The Labute approximate surface area is 236 Å². The number of hydrogen-bond donors (Lipinski definition) is 4. The molecule has 41 heavy (non-hydrogen) atoms. The molecule has 0 saturated carbocycles. The summed E-state index contributed by atoms with van der Waals surface area (Å²) in [5.41, 5.74) is 2.14. The van der Waals surface area contributed by atoms with Gasteiger partial charge in [-0.3, -0.25) is 4.79 Å². The minimum Gasteiger partial charge on any atom is -0.431 e. The first-order valence-electron chi connectivity index (χ1n) is 12.9. The third kappa shape index (κ3) is 8.43. The van der Waals surface area contributed by atoms with E-state index in [-0.39, 0.29) is 29.1 Å². The van der Waals surface area contributed by atoms with E-state index in [1.165, 1.54) is 17.7 Å². The Morgan fingerprint density at radius 3 is 2.39 bits per heavy atom. The topological polar surface area (TPSA) is 134 Å². The lowest BCUT2D eigenvalue weighted by Crippen LogP contribution is -2.48. The number of carbonyl (C=O) groups excluding carboxylic acids is 1. The van der Waals surface area contributed by atoms with Crippen molar-refractivity contribution in [2.24, 2.45) is 0 Å². The summed E-state index contributed by atoms with van der Waals surface area (Å²) in [5, 5.41) is 16.7. The van der Waals surface area contributed by atoms with Gasteiger partial charge in [0.15, 0.2) is 5.69 Å². The molecule has 0 aliphatic heterocycles. The molecule has 0 fully saturated rings. The van der Waals surface area contributed by atoms with Crippen molar-refractivity contribution < 1.29 is 31.5 Å². The van der Waals surface area contributed by atoms with Gasteiger partial charge in [-0.1, -0.05) is 49.4 Å². The van der Waals surface area contributed by atoms with E-state index in [4.69, 9.17) is 4.42 Å². The van der Waals surface area contributed by atoms with Crippen molar-refractivity contribution in [3.8, 4) is 0 Å². The van der Waals surface area contributed by atoms with E-state index in [1.54, 1.807) is 18.2 Å². The van der Waals surface area contributed by atoms with E-state index in [2.05, 4.69) is 27.3 Å². The molecule has 4 N–H and O–H groups in total. The summed E-state index contributed by atoms with van der Waals surface area (Å²) in [4.78, 5) is 16.9. The lowest BCUT2D eigenvalue weighted by molar-refractivity contribution is 0.0825. The summed E-state index contributed by atoms with van der Waals surface area (Å²) >= 11 is 0. The number of aliphatic hydroxyl groups excluding tert-OH is 1. The predicted molar refractivity (Wildman–Crippen MR) is 149 cm³/mol. The number of aliphatic hydroxyl groups is 1. The van der Waals surface area contributed by atoms with Crippen molar-refractivity contribution in [2.45, 2.75) is 43.4 Å². The number of aryl methyl sites for hydroxylation is 1. The van der Waals surface area contributed by atoms with Crippen molar-refractivity contribution in [3.63, 3.8) is 0 Å². The lowest BCUT2D eigenvalue weighted by atomic mass is 10.00. The fourth-order valence-electron chi connectivity index (χ4n) is 4.17. The van der Waals surface area contributed by atoms with Crippen molar-refractivity contribution in [3.05, 3.63) is 113 Å². The van der Waals surface area contributed by atoms with Crippen LogP contribution in [0.2, 0.25) is 0 Å². The van der Waals surface area contributed by atoms with Gasteiger partial charge in [0.2, 0.25) is 0 Å². The standard InChI is InChI=1S/C29H30F2N4O5S/c1-2-19-7-6-8-20(11-19)16-32-17-27(36)25(14-21-12-22(30)15-23(31)13-21)33-28(37)26-18-40-29(34-26)35-41(38,39)24-9-4-3-5-10-24/h3-13,15,18,25,27,32,36H,2,14,16-17H2,1H3,(H,33,37)(H,34,35)/t25-,27+/m0/s1. The molecule has 1 aromatic heterocycles. The van der Waals surface area contributed by atoms with Crippen molar-refractivity contribution >= 4 is 21.9 Å². The zero-order valence-corrected chi connectivity index (χ0v) is 23.0. The van der Waals surface area contributed by atoms with E-state index in [1.807, 2.05) is 24.3 Å². The van der Waals surface area contributed by atoms with Gasteiger partial charge in [-0.05, 0) is 53.8 Å². The molecule has 4 aromatic rings. The number of aromatic nitrogens is 1. The molecule has 1 heterocycles. The van der Waals surface area contributed by atoms with Gasteiger partial charge < -0.3 is 20.2 Å². The number of benzene rings is 3. The average molecular weight is 585 g/mol. The van der Waals surface area contributed by atoms with Gasteiger partial charge in [-0.15, -0.1) is 0 Å². The molecule has 0 bridgehead atoms. The number of anilines is 1. The molecule has 0 aliphatic rings. The monoisotopic (exact) mass is 584 g/mol. The Bertz CT molecular complexity index is 1560. The summed E-state index contributed by atoms with van der Waals surface area (Å²) in [6.07, 6.45) is 0.580. The molecule has 12 heteroatoms. The SMILES string of the molecule is CCc1cccc(CNC[C@@H](O)[C@H](Cc2cc(F)cc(F)c2)NC(=O)c2coc(NS(=O)(=O)c3ccccc3)n2)c1. The number of halogens is 2. The van der Waals surface area contributed by atoms with Gasteiger partial charge in [-0.25, -0.2) is 21.9 Å². The maximum atomic E-state index is 13.8. The van der Waals surface area contributed by atoms with Crippen molar-refractivity contribution in [1.29, 1.82) is 0 Å². The van der Waals surface area contributed by atoms with Crippen LogP contribution in [0.15, 0.2) is 88.4 Å². The normalized spacial score (nSPS) is 13.0. The van der Waals surface area contributed by atoms with Gasteiger partial charge in [0.1, 0.15) is 17.9 Å². The number of oxazole rings is 1. The van der Waals surface area contributed by atoms with Crippen LogP contribution in [-0.2, 0) is 29.4 Å². The summed E-state index contributed by atoms with van der Waals surface area (Å²) in [6, 6.07) is 17.0. The largest absolute Gasteiger partial charge is 0.431 e. The second-order valence-electron chi connectivity index (χ2n) is 9.39. The molecule has 0 unspecified atom stereocenters. The minimum absolute atomic E-state index is 0.0244. The number of sulfonamides is 1. The second kappa shape index (κ2) is 13.5. The smallest absolute Gasteiger partial charge is 0.309 e. The highest BCUT2D eigenvalue weighted by molar-refractivity contribution is 7.92. The van der Waals surface area contributed by atoms with Crippen LogP contribution in [0.3, 0.4) is 0 Å². The third-order valence-corrected chi connectivity index (χ3v) is 7.59. The van der Waals surface area contributed by atoms with E-state index >= 15 is 0 Å². The van der Waals surface area contributed by atoms with E-state index in [0.29, 0.717) is 6.54 Å². The Morgan fingerprint density at radius 2 is 1.68 bits per heavy atom. The Balaban J connectivity index is 1.45. The van der Waals surface area contributed by atoms with Crippen LogP contribution in [0.1, 0.15) is 34.1 Å². The van der Waals surface area contributed by atoms with Gasteiger partial charge in [0.25, 0.3) is 15.9 Å². The highest BCUT2D eigenvalue weighted by Crippen LogP contribution is 2.17. The number of nitrogens with one attached hydrogen (secondary N) is 3. The van der Waals surface area contributed by atoms with Gasteiger partial charge in [0.05, 0.1) is 17.0 Å². The fourth-order valence-corrected chi connectivity index (χ4v) is 5.13. The first kappa shape index (κ1) is 29.8. The van der Waals surface area contributed by atoms with E-state index in [9.17, 15) is 27.1 Å². The molecule has 0 spiro atoms. The maximum absolute atomic E-state index is 13.8. The first-order chi connectivity index (χ1) is 19.6. The average Bonchev–Trinajstić information content (AvgIpc) is 3.40. The highest BCUT2D eigenvalue weighted by atomic mass is 32.2. The predicted octanol–water partition coefficient (Wildman–Crippen LogP) is 3.81. The zero-order valence-electron chi connectivity index (χ0n) is 22.2. The van der Waals surface area contributed by atoms with Gasteiger partial charge in [0, 0.05) is 19.2 Å². The number of rotatable bonds is 13. The Hall–Kier alpha value is -4.13. The molecule has 4 rings (SSSR count). The molecular formula is C29H30F2N4O5S. The summed E-state index contributed by atoms with van der Waals surface area (Å²) in [7, 11) is -4.01. The molecule has 3 aromatic carbocycles. The maximum Gasteiger partial charge on any atom is 0.309 e. The number of hydrogen-bond acceptors (Lipinski definition) is 7. The quantitative estimate of drug-likeness (QED) is 0.188. The number of carbonyl (C=O) groups is 1. The van der Waals surface area contributed by atoms with Crippen LogP contribution >= 0.6 is 0 Å². The van der Waals surface area contributed by atoms with Crippen LogP contribution < -0.4 is 15.4 Å². The summed E-state index contributed by atoms with van der Waals surface area (Å²) < 4.78 is 60.0. The molecule has 216 valence electrons. The second-order valence-corrected chi connectivity index (χ2v) is 11.1.